The third-order valence-electron chi connectivity index (χ3n) is 5.92. The molecule has 3 rings (SSSR count). The summed E-state index contributed by atoms with van der Waals surface area (Å²) in [6.07, 6.45) is 4.88. The number of pyridine rings is 1. The molecule has 1 aliphatic heterocycles. The van der Waals surface area contributed by atoms with E-state index < -0.39 is 17.2 Å². The molecular weight excluding hydrogens is 501 g/mol. The van der Waals surface area contributed by atoms with E-state index in [1.54, 1.807) is 18.2 Å². The van der Waals surface area contributed by atoms with Gasteiger partial charge in [0.25, 0.3) is 11.5 Å². The Hall–Kier alpha value is -3.29. The Bertz CT molecular complexity index is 1330. The highest BCUT2D eigenvalue weighted by Crippen LogP contribution is 2.33. The molecule has 188 valence electrons. The van der Waals surface area contributed by atoms with E-state index in [4.69, 9.17) is 12.2 Å². The molecule has 36 heavy (non-hydrogen) atoms. The fourth-order valence-electron chi connectivity index (χ4n) is 3.93. The van der Waals surface area contributed by atoms with E-state index in [0.717, 1.165) is 35.6 Å². The molecule has 1 N–H and O–H groups in total. The van der Waals surface area contributed by atoms with Crippen molar-refractivity contribution in [1.29, 1.82) is 5.26 Å². The molecule has 0 bridgehead atoms. The number of nitriles is 1. The number of carbonyl (C=O) groups excluding carboxylic acids is 2. The highest BCUT2D eigenvalue weighted by Gasteiger charge is 2.33. The second-order valence-electron chi connectivity index (χ2n) is 8.39. The van der Waals surface area contributed by atoms with E-state index in [2.05, 4.69) is 6.92 Å². The number of Topliss-reactive ketones (excluding diaryl/α,β-unsaturated/α-hetero) is 1. The van der Waals surface area contributed by atoms with E-state index in [1.807, 2.05) is 6.07 Å². The van der Waals surface area contributed by atoms with Crippen LogP contribution in [0.1, 0.15) is 66.1 Å². The van der Waals surface area contributed by atoms with Crippen molar-refractivity contribution in [2.45, 2.75) is 52.5 Å². The molecule has 0 spiro atoms. The zero-order chi connectivity index (χ0) is 26.4. The van der Waals surface area contributed by atoms with Crippen LogP contribution >= 0.6 is 24.0 Å². The molecule has 10 heteroatoms. The van der Waals surface area contributed by atoms with Gasteiger partial charge in [-0.25, -0.2) is 4.39 Å². The third kappa shape index (κ3) is 5.91. The average molecular weight is 528 g/mol. The van der Waals surface area contributed by atoms with Gasteiger partial charge in [0.15, 0.2) is 5.78 Å². The normalized spacial score (nSPS) is 14.5. The summed E-state index contributed by atoms with van der Waals surface area (Å²) in [4.78, 5) is 40.4. The van der Waals surface area contributed by atoms with Crippen LogP contribution < -0.4 is 5.56 Å². The average Bonchev–Trinajstić information content (AvgIpc) is 3.10. The van der Waals surface area contributed by atoms with Crippen LogP contribution in [-0.2, 0) is 11.3 Å². The molecule has 0 radical (unpaired) electrons. The molecule has 1 amide bonds. The third-order valence-corrected chi connectivity index (χ3v) is 7.30. The number of aromatic nitrogens is 1. The molecule has 7 nitrogen and oxygen atoms in total. The molecule has 1 aromatic carbocycles. The zero-order valence-electron chi connectivity index (χ0n) is 20.0. The number of thiocarbonyl (C=S) groups is 1. The molecule has 1 saturated heterocycles. The molecule has 0 aliphatic carbocycles. The number of carbonyl (C=O) groups is 2. The van der Waals surface area contributed by atoms with Crippen LogP contribution in [0.25, 0.3) is 6.08 Å². The lowest BCUT2D eigenvalue weighted by Crippen LogP contribution is -2.31. The smallest absolute Gasteiger partial charge is 0.271 e. The van der Waals surface area contributed by atoms with Crippen molar-refractivity contribution < 1.29 is 19.1 Å². The molecule has 0 unspecified atom stereocenters. The Morgan fingerprint density at radius 1 is 1.19 bits per heavy atom. The number of thioether (sulfide) groups is 1. The Balaban J connectivity index is 1.80. The number of halogens is 1. The topological polar surface area (TPSA) is 103 Å². The Morgan fingerprint density at radius 2 is 1.89 bits per heavy atom. The molecular formula is C26H26FN3O4S2. The number of unbranched alkanes of at least 4 members (excludes halogenated alkanes) is 3. The first-order valence-corrected chi connectivity index (χ1v) is 12.8. The number of hydrogen-bond acceptors (Lipinski definition) is 7. The first-order chi connectivity index (χ1) is 17.2. The van der Waals surface area contributed by atoms with Gasteiger partial charge in [0, 0.05) is 19.5 Å². The SMILES string of the molecule is CCCCCCn1c(O)c(C(=O)CCN2C(=O)/C(=C/c3ccc(F)cc3)SC2=S)c(C)c(C#N)c1=O. The standard InChI is InChI=1S/C26H26FN3O4S2/c1-3-4-5-6-12-29-23(32)19(15-28)16(2)22(25(29)34)20(31)11-13-30-24(33)21(36-26(30)35)14-17-7-9-18(27)10-8-17/h7-10,14,34H,3-6,11-13H2,1-2H3/b21-14-. The summed E-state index contributed by atoms with van der Waals surface area (Å²) in [7, 11) is 0. The van der Waals surface area contributed by atoms with Crippen LogP contribution in [0.2, 0.25) is 0 Å². The van der Waals surface area contributed by atoms with Gasteiger partial charge in [0.1, 0.15) is 21.8 Å². The van der Waals surface area contributed by atoms with Crippen LogP contribution in [-0.4, -0.2) is 37.1 Å². The van der Waals surface area contributed by atoms with Crippen LogP contribution in [0.3, 0.4) is 0 Å². The number of rotatable bonds is 10. The summed E-state index contributed by atoms with van der Waals surface area (Å²) in [5.41, 5.74) is -0.132. The Kier molecular flexibility index (Phi) is 9.18. The van der Waals surface area contributed by atoms with Crippen LogP contribution in [0, 0.1) is 24.1 Å². The van der Waals surface area contributed by atoms with Crippen molar-refractivity contribution in [2.24, 2.45) is 0 Å². The maximum absolute atomic E-state index is 13.2. The molecule has 2 aromatic rings. The fraction of sp³-hybridized carbons (Fsp3) is 0.346. The van der Waals surface area contributed by atoms with Gasteiger partial charge in [0.05, 0.1) is 10.5 Å². The largest absolute Gasteiger partial charge is 0.494 e. The molecule has 1 aliphatic rings. The molecule has 2 heterocycles. The number of amides is 1. The maximum atomic E-state index is 13.2. The van der Waals surface area contributed by atoms with Gasteiger partial charge in [-0.3, -0.25) is 23.9 Å². The van der Waals surface area contributed by atoms with E-state index in [1.165, 1.54) is 24.0 Å². The van der Waals surface area contributed by atoms with Crippen molar-refractivity contribution in [3.05, 3.63) is 67.6 Å². The van der Waals surface area contributed by atoms with Crippen LogP contribution in [0.4, 0.5) is 4.39 Å². The predicted molar refractivity (Wildman–Crippen MR) is 141 cm³/mol. The lowest BCUT2D eigenvalue weighted by molar-refractivity contribution is -0.122. The van der Waals surface area contributed by atoms with E-state index in [0.29, 0.717) is 16.9 Å². The van der Waals surface area contributed by atoms with Crippen LogP contribution in [0.5, 0.6) is 5.88 Å². The molecule has 1 aromatic heterocycles. The Morgan fingerprint density at radius 3 is 2.53 bits per heavy atom. The van der Waals surface area contributed by atoms with Crippen molar-refractivity contribution in [2.75, 3.05) is 6.54 Å². The minimum Gasteiger partial charge on any atom is -0.494 e. The van der Waals surface area contributed by atoms with Gasteiger partial charge in [-0.1, -0.05) is 62.3 Å². The van der Waals surface area contributed by atoms with Gasteiger partial charge in [-0.2, -0.15) is 5.26 Å². The van der Waals surface area contributed by atoms with Crippen molar-refractivity contribution in [3.63, 3.8) is 0 Å². The summed E-state index contributed by atoms with van der Waals surface area (Å²) in [6, 6.07) is 7.52. The van der Waals surface area contributed by atoms with Crippen molar-refractivity contribution >= 4 is 46.1 Å². The summed E-state index contributed by atoms with van der Waals surface area (Å²) in [6.45, 7) is 3.68. The Labute approximate surface area is 218 Å². The van der Waals surface area contributed by atoms with E-state index in [9.17, 15) is 29.1 Å². The molecule has 0 atom stereocenters. The van der Waals surface area contributed by atoms with Gasteiger partial charge in [-0.05, 0) is 42.7 Å². The lowest BCUT2D eigenvalue weighted by atomic mass is 9.99. The number of hydrogen-bond donors (Lipinski definition) is 1. The molecule has 1 fully saturated rings. The first kappa shape index (κ1) is 27.3. The van der Waals surface area contributed by atoms with Gasteiger partial charge in [-0.15, -0.1) is 0 Å². The van der Waals surface area contributed by atoms with Crippen molar-refractivity contribution in [1.82, 2.24) is 9.47 Å². The monoisotopic (exact) mass is 527 g/mol. The number of aromatic hydroxyl groups is 1. The van der Waals surface area contributed by atoms with Crippen molar-refractivity contribution in [3.8, 4) is 11.9 Å². The lowest BCUT2D eigenvalue weighted by Gasteiger charge is -2.17. The predicted octanol–water partition coefficient (Wildman–Crippen LogP) is 4.93. The summed E-state index contributed by atoms with van der Waals surface area (Å²) in [5, 5.41) is 20.3. The van der Waals surface area contributed by atoms with Gasteiger partial charge in [0.2, 0.25) is 5.88 Å². The highest BCUT2D eigenvalue weighted by atomic mass is 32.2. The van der Waals surface area contributed by atoms with E-state index in [-0.39, 0.29) is 52.2 Å². The molecule has 0 saturated carbocycles. The highest BCUT2D eigenvalue weighted by molar-refractivity contribution is 8.26. The fourth-order valence-corrected chi connectivity index (χ4v) is 5.24. The minimum atomic E-state index is -0.622. The second-order valence-corrected chi connectivity index (χ2v) is 10.1. The second kappa shape index (κ2) is 12.1. The van der Waals surface area contributed by atoms with Gasteiger partial charge < -0.3 is 5.11 Å². The van der Waals surface area contributed by atoms with E-state index >= 15 is 0 Å². The maximum Gasteiger partial charge on any atom is 0.271 e. The summed E-state index contributed by atoms with van der Waals surface area (Å²) >= 11 is 6.40. The first-order valence-electron chi connectivity index (χ1n) is 11.6. The quantitative estimate of drug-likeness (QED) is 0.202. The summed E-state index contributed by atoms with van der Waals surface area (Å²) < 4.78 is 14.5. The number of benzene rings is 1. The minimum absolute atomic E-state index is 0.0271. The number of nitrogens with zero attached hydrogens (tertiary/aromatic N) is 3. The van der Waals surface area contributed by atoms with Crippen LogP contribution in [0.15, 0.2) is 34.0 Å². The summed E-state index contributed by atoms with van der Waals surface area (Å²) in [5.74, 6) is -1.72. The number of ketones is 1. The van der Waals surface area contributed by atoms with Gasteiger partial charge >= 0.3 is 0 Å². The zero-order valence-corrected chi connectivity index (χ0v) is 21.7.